The number of unbranched alkanes of at least 4 members (excludes halogenated alkanes) is 1. The summed E-state index contributed by atoms with van der Waals surface area (Å²) in [5.41, 5.74) is 1.51. The van der Waals surface area contributed by atoms with Crippen molar-refractivity contribution in [1.82, 2.24) is 0 Å². The Balaban J connectivity index is 5.19. The van der Waals surface area contributed by atoms with E-state index in [-0.39, 0.29) is 17.3 Å². The van der Waals surface area contributed by atoms with Crippen molar-refractivity contribution in [3.05, 3.63) is 11.6 Å². The van der Waals surface area contributed by atoms with Crippen LogP contribution in [0.25, 0.3) is 0 Å². The molecule has 0 rings (SSSR count). The van der Waals surface area contributed by atoms with Gasteiger partial charge >= 0.3 is 5.97 Å². The summed E-state index contributed by atoms with van der Waals surface area (Å²) in [6.07, 6.45) is 12.1. The molecule has 0 aliphatic carbocycles. The van der Waals surface area contributed by atoms with E-state index in [2.05, 4.69) is 54.5 Å². The van der Waals surface area contributed by atoms with Crippen LogP contribution in [0.2, 0.25) is 0 Å². The molecule has 0 amide bonds. The van der Waals surface area contributed by atoms with Gasteiger partial charge in [0, 0.05) is 5.41 Å². The Kier molecular flexibility index (Phi) is 13.0. The molecular formula is C23H44O2. The summed E-state index contributed by atoms with van der Waals surface area (Å²) in [7, 11) is 0. The van der Waals surface area contributed by atoms with Crippen LogP contribution in [-0.4, -0.2) is 12.6 Å². The Morgan fingerprint density at radius 3 is 2.20 bits per heavy atom. The molecule has 148 valence electrons. The molecule has 2 unspecified atom stereocenters. The molecular weight excluding hydrogens is 308 g/mol. The van der Waals surface area contributed by atoms with Crippen LogP contribution < -0.4 is 0 Å². The van der Waals surface area contributed by atoms with Gasteiger partial charge < -0.3 is 4.74 Å². The minimum Gasteiger partial charge on any atom is -0.465 e. The molecule has 0 bridgehead atoms. The molecule has 2 atom stereocenters. The lowest BCUT2D eigenvalue weighted by atomic mass is 9.76. The minimum absolute atomic E-state index is 0.00656. The van der Waals surface area contributed by atoms with Gasteiger partial charge in [-0.05, 0) is 44.4 Å². The fourth-order valence-corrected chi connectivity index (χ4v) is 3.70. The summed E-state index contributed by atoms with van der Waals surface area (Å²) in [6, 6.07) is 0. The standard InChI is InChI=1S/C23H44O2/c1-8-13-15-21(11-4)22(24)25-18-23(12-5,16-19(6)7)17-20(10-3)14-9-2/h17,19,21H,8-16,18H2,1-7H3. The normalized spacial score (nSPS) is 15.9. The Morgan fingerprint density at radius 2 is 1.76 bits per heavy atom. The second-order valence-electron chi connectivity index (χ2n) is 8.08. The highest BCUT2D eigenvalue weighted by atomic mass is 16.5. The van der Waals surface area contributed by atoms with Crippen molar-refractivity contribution in [3.8, 4) is 0 Å². The quantitative estimate of drug-likeness (QED) is 0.242. The molecule has 0 fully saturated rings. The predicted octanol–water partition coefficient (Wildman–Crippen LogP) is 7.33. The van der Waals surface area contributed by atoms with Crippen LogP contribution in [0.4, 0.5) is 0 Å². The van der Waals surface area contributed by atoms with Crippen molar-refractivity contribution in [2.75, 3.05) is 6.61 Å². The topological polar surface area (TPSA) is 26.3 Å². The van der Waals surface area contributed by atoms with Gasteiger partial charge in [0.1, 0.15) is 6.61 Å². The predicted molar refractivity (Wildman–Crippen MR) is 110 cm³/mol. The van der Waals surface area contributed by atoms with Gasteiger partial charge in [-0.3, -0.25) is 4.79 Å². The van der Waals surface area contributed by atoms with E-state index >= 15 is 0 Å². The van der Waals surface area contributed by atoms with Crippen molar-refractivity contribution < 1.29 is 9.53 Å². The maximum absolute atomic E-state index is 12.6. The molecule has 0 aliphatic heterocycles. The number of ether oxygens (including phenoxy) is 1. The van der Waals surface area contributed by atoms with Crippen molar-refractivity contribution in [3.63, 3.8) is 0 Å². The minimum atomic E-state index is -0.00656. The summed E-state index contributed by atoms with van der Waals surface area (Å²) >= 11 is 0. The van der Waals surface area contributed by atoms with Crippen molar-refractivity contribution in [1.29, 1.82) is 0 Å². The molecule has 0 spiro atoms. The molecule has 0 radical (unpaired) electrons. The van der Waals surface area contributed by atoms with E-state index in [1.165, 1.54) is 12.0 Å². The zero-order chi connectivity index (χ0) is 19.3. The van der Waals surface area contributed by atoms with E-state index in [4.69, 9.17) is 4.74 Å². The van der Waals surface area contributed by atoms with Gasteiger partial charge in [0.15, 0.2) is 0 Å². The third kappa shape index (κ3) is 9.47. The highest BCUT2D eigenvalue weighted by Crippen LogP contribution is 2.35. The first kappa shape index (κ1) is 24.2. The largest absolute Gasteiger partial charge is 0.465 e. The second-order valence-corrected chi connectivity index (χ2v) is 8.08. The molecule has 0 aliphatic rings. The Labute approximate surface area is 157 Å². The van der Waals surface area contributed by atoms with Gasteiger partial charge in [-0.15, -0.1) is 0 Å². The first-order valence-corrected chi connectivity index (χ1v) is 10.7. The fraction of sp³-hybridized carbons (Fsp3) is 0.870. The monoisotopic (exact) mass is 352 g/mol. The van der Waals surface area contributed by atoms with E-state index < -0.39 is 0 Å². The van der Waals surface area contributed by atoms with Gasteiger partial charge in [-0.1, -0.05) is 79.4 Å². The van der Waals surface area contributed by atoms with Crippen molar-refractivity contribution in [2.24, 2.45) is 17.3 Å². The number of carbonyl (C=O) groups excluding carboxylic acids is 1. The van der Waals surface area contributed by atoms with Crippen LogP contribution in [0.15, 0.2) is 11.6 Å². The number of hydrogen-bond donors (Lipinski definition) is 0. The number of allylic oxidation sites excluding steroid dienone is 1. The highest BCUT2D eigenvalue weighted by Gasteiger charge is 2.30. The van der Waals surface area contributed by atoms with Gasteiger partial charge in [0.25, 0.3) is 0 Å². The number of carbonyl (C=O) groups is 1. The van der Waals surface area contributed by atoms with Crippen LogP contribution in [-0.2, 0) is 9.53 Å². The van der Waals surface area contributed by atoms with E-state index in [0.717, 1.165) is 51.4 Å². The molecule has 25 heavy (non-hydrogen) atoms. The van der Waals surface area contributed by atoms with Crippen LogP contribution >= 0.6 is 0 Å². The van der Waals surface area contributed by atoms with Crippen LogP contribution in [0.5, 0.6) is 0 Å². The van der Waals surface area contributed by atoms with Crippen molar-refractivity contribution in [2.45, 2.75) is 106 Å². The lowest BCUT2D eigenvalue weighted by molar-refractivity contribution is -0.152. The lowest BCUT2D eigenvalue weighted by Crippen LogP contribution is -2.30. The van der Waals surface area contributed by atoms with Crippen molar-refractivity contribution >= 4 is 5.97 Å². The first-order chi connectivity index (χ1) is 11.9. The number of hydrogen-bond acceptors (Lipinski definition) is 2. The molecule has 0 saturated heterocycles. The maximum atomic E-state index is 12.6. The second kappa shape index (κ2) is 13.4. The summed E-state index contributed by atoms with van der Waals surface area (Å²) in [4.78, 5) is 12.6. The van der Waals surface area contributed by atoms with Crippen LogP contribution in [0.1, 0.15) is 106 Å². The van der Waals surface area contributed by atoms with Gasteiger partial charge in [-0.25, -0.2) is 0 Å². The average molecular weight is 353 g/mol. The molecule has 0 heterocycles. The summed E-state index contributed by atoms with van der Waals surface area (Å²) in [5, 5.41) is 0. The Morgan fingerprint density at radius 1 is 1.08 bits per heavy atom. The van der Waals surface area contributed by atoms with E-state index in [0.29, 0.717) is 12.5 Å². The number of esters is 1. The zero-order valence-corrected chi connectivity index (χ0v) is 18.1. The number of rotatable bonds is 14. The lowest BCUT2D eigenvalue weighted by Gasteiger charge is -2.33. The molecule has 0 aromatic carbocycles. The van der Waals surface area contributed by atoms with E-state index in [9.17, 15) is 4.79 Å². The summed E-state index contributed by atoms with van der Waals surface area (Å²) < 4.78 is 5.89. The SMILES string of the molecule is CCCCC(CC)C(=O)OCC(C=C(CC)CCC)(CC)CC(C)C. The van der Waals surface area contributed by atoms with Gasteiger partial charge in [0.2, 0.25) is 0 Å². The third-order valence-electron chi connectivity index (χ3n) is 5.29. The maximum Gasteiger partial charge on any atom is 0.308 e. The molecule has 2 heteroatoms. The molecule has 0 aromatic rings. The first-order valence-electron chi connectivity index (χ1n) is 10.7. The van der Waals surface area contributed by atoms with Gasteiger partial charge in [-0.2, -0.15) is 0 Å². The Bertz CT molecular complexity index is 384. The molecule has 0 aromatic heterocycles. The molecule has 0 N–H and O–H groups in total. The average Bonchev–Trinajstić information content (AvgIpc) is 2.59. The van der Waals surface area contributed by atoms with E-state index in [1.807, 2.05) is 0 Å². The smallest absolute Gasteiger partial charge is 0.308 e. The molecule has 0 saturated carbocycles. The summed E-state index contributed by atoms with van der Waals surface area (Å²) in [5.74, 6) is 0.676. The molecule has 2 nitrogen and oxygen atoms in total. The third-order valence-corrected chi connectivity index (χ3v) is 5.29. The highest BCUT2D eigenvalue weighted by molar-refractivity contribution is 5.72. The van der Waals surface area contributed by atoms with Crippen LogP contribution in [0, 0.1) is 17.3 Å². The fourth-order valence-electron chi connectivity index (χ4n) is 3.70. The summed E-state index contributed by atoms with van der Waals surface area (Å²) in [6.45, 7) is 16.0. The zero-order valence-electron chi connectivity index (χ0n) is 18.1. The van der Waals surface area contributed by atoms with Crippen LogP contribution in [0.3, 0.4) is 0 Å². The van der Waals surface area contributed by atoms with E-state index in [1.54, 1.807) is 0 Å². The van der Waals surface area contributed by atoms with Gasteiger partial charge in [0.05, 0.1) is 5.92 Å². The Hall–Kier alpha value is -0.790.